The van der Waals surface area contributed by atoms with Gasteiger partial charge in [-0.15, -0.1) is 0 Å². The molecule has 0 spiro atoms. The van der Waals surface area contributed by atoms with Crippen LogP contribution in [0.4, 0.5) is 0 Å². The number of carbonyl (C=O) groups is 1. The third-order valence-electron chi connectivity index (χ3n) is 7.72. The lowest BCUT2D eigenvalue weighted by Gasteiger charge is -2.46. The summed E-state index contributed by atoms with van der Waals surface area (Å²) in [5, 5.41) is 71.8. The van der Waals surface area contributed by atoms with Crippen LogP contribution in [-0.4, -0.2) is 122 Å². The zero-order chi connectivity index (χ0) is 27.1. The molecule has 1 aliphatic carbocycles. The quantitative estimate of drug-likeness (QED) is 0.179. The van der Waals surface area contributed by atoms with Gasteiger partial charge in [0.2, 0.25) is 0 Å². The van der Waals surface area contributed by atoms with Crippen molar-refractivity contribution in [2.75, 3.05) is 19.8 Å². The molecule has 12 nitrogen and oxygen atoms in total. The van der Waals surface area contributed by atoms with Gasteiger partial charge in [0.1, 0.15) is 36.1 Å². The van der Waals surface area contributed by atoms with Crippen LogP contribution in [0.5, 0.6) is 0 Å². The summed E-state index contributed by atoms with van der Waals surface area (Å²) < 4.78 is 22.0. The van der Waals surface area contributed by atoms with Crippen LogP contribution < -0.4 is 0 Å². The first kappa shape index (κ1) is 29.5. The van der Waals surface area contributed by atoms with Crippen molar-refractivity contribution in [3.63, 3.8) is 0 Å². The molecule has 12 heteroatoms. The molecule has 36 heavy (non-hydrogen) atoms. The molecule has 10 atom stereocenters. The summed E-state index contributed by atoms with van der Waals surface area (Å²) in [6.07, 6.45) is -8.34. The third-order valence-corrected chi connectivity index (χ3v) is 7.72. The average Bonchev–Trinajstić information content (AvgIpc) is 3.09. The molecular formula is C24H40O12. The molecule has 0 aromatic carbocycles. The Bertz CT molecular complexity index is 817. The van der Waals surface area contributed by atoms with E-state index in [0.717, 1.165) is 0 Å². The van der Waals surface area contributed by atoms with Gasteiger partial charge in [0, 0.05) is 11.8 Å². The predicted molar refractivity (Wildman–Crippen MR) is 122 cm³/mol. The Labute approximate surface area is 210 Å². The minimum absolute atomic E-state index is 0.0393. The Balaban J connectivity index is 1.58. The fourth-order valence-corrected chi connectivity index (χ4v) is 5.06. The molecule has 3 aliphatic rings. The molecule has 0 aromatic heterocycles. The van der Waals surface area contributed by atoms with E-state index in [4.69, 9.17) is 18.9 Å². The standard InChI is InChI=1S/C24H40O12/c1-12-7-14(26)8-22(3,4)24(12,32)6-5-13(2)35-20-18(29)17(28)16(27)15(36-20)9-33-21-19(30)23(31,10-25)11-34-21/h7,13,15-21,25,27-32H,5-6,8-11H2,1-4H3/t13?,15-,16-,17+,18-,19+,20-,21-,23-,24-/m1/s1. The number of aliphatic hydroxyl groups excluding tert-OH is 5. The zero-order valence-corrected chi connectivity index (χ0v) is 21.1. The number of ether oxygens (including phenoxy) is 4. The highest BCUT2D eigenvalue weighted by molar-refractivity contribution is 5.92. The van der Waals surface area contributed by atoms with Crippen LogP contribution in [0.25, 0.3) is 0 Å². The second-order valence-corrected chi connectivity index (χ2v) is 10.9. The van der Waals surface area contributed by atoms with Gasteiger partial charge in [0.15, 0.2) is 18.4 Å². The second kappa shape index (κ2) is 11.0. The van der Waals surface area contributed by atoms with Gasteiger partial charge >= 0.3 is 0 Å². The molecule has 0 bridgehead atoms. The van der Waals surface area contributed by atoms with Crippen molar-refractivity contribution in [2.45, 2.75) is 107 Å². The van der Waals surface area contributed by atoms with Crippen LogP contribution in [0.2, 0.25) is 0 Å². The number of carbonyl (C=O) groups excluding carboxylic acids is 1. The SMILES string of the molecule is CC1=CC(=O)CC(C)(C)[C@@]1(O)CCC(C)O[C@@H]1O[C@H](CO[C@@H]2OC[C@](O)(CO)[C@H]2O)[C@@H](O)[C@H](O)[C@H]1O. The largest absolute Gasteiger partial charge is 0.393 e. The normalized spacial score (nSPS) is 43.9. The van der Waals surface area contributed by atoms with Gasteiger partial charge in [0.05, 0.1) is 31.5 Å². The highest BCUT2D eigenvalue weighted by Crippen LogP contribution is 2.46. The molecular weight excluding hydrogens is 480 g/mol. The van der Waals surface area contributed by atoms with Crippen molar-refractivity contribution in [2.24, 2.45) is 5.41 Å². The first-order chi connectivity index (χ1) is 16.6. The summed E-state index contributed by atoms with van der Waals surface area (Å²) >= 11 is 0. The molecule has 7 N–H and O–H groups in total. The Morgan fingerprint density at radius 3 is 2.36 bits per heavy atom. The van der Waals surface area contributed by atoms with E-state index in [9.17, 15) is 40.5 Å². The Hall–Kier alpha value is -1.03. The average molecular weight is 521 g/mol. The van der Waals surface area contributed by atoms with E-state index in [2.05, 4.69) is 0 Å². The lowest BCUT2D eigenvalue weighted by molar-refractivity contribution is -0.318. The summed E-state index contributed by atoms with van der Waals surface area (Å²) in [5.74, 6) is -0.0393. The van der Waals surface area contributed by atoms with Crippen molar-refractivity contribution < 1.29 is 59.5 Å². The summed E-state index contributed by atoms with van der Waals surface area (Å²) in [4.78, 5) is 11.9. The lowest BCUT2D eigenvalue weighted by atomic mass is 9.63. The zero-order valence-electron chi connectivity index (χ0n) is 21.1. The number of rotatable bonds is 9. The van der Waals surface area contributed by atoms with E-state index in [0.29, 0.717) is 12.0 Å². The van der Waals surface area contributed by atoms with Crippen molar-refractivity contribution in [3.8, 4) is 0 Å². The number of allylic oxidation sites excluding steroid dienone is 1. The van der Waals surface area contributed by atoms with E-state index in [1.54, 1.807) is 13.8 Å². The van der Waals surface area contributed by atoms with Gasteiger partial charge in [-0.2, -0.15) is 0 Å². The van der Waals surface area contributed by atoms with E-state index >= 15 is 0 Å². The maximum atomic E-state index is 11.9. The predicted octanol–water partition coefficient (Wildman–Crippen LogP) is -1.89. The molecule has 2 fully saturated rings. The Morgan fingerprint density at radius 2 is 1.78 bits per heavy atom. The number of ketones is 1. The van der Waals surface area contributed by atoms with Crippen LogP contribution in [0, 0.1) is 5.41 Å². The van der Waals surface area contributed by atoms with E-state index in [-0.39, 0.29) is 31.8 Å². The summed E-state index contributed by atoms with van der Waals surface area (Å²) in [5.41, 5.74) is -3.22. The summed E-state index contributed by atoms with van der Waals surface area (Å²) in [6.45, 7) is 5.60. The molecule has 2 heterocycles. The molecule has 2 saturated heterocycles. The first-order valence-electron chi connectivity index (χ1n) is 12.2. The molecule has 0 radical (unpaired) electrons. The second-order valence-electron chi connectivity index (χ2n) is 10.9. The van der Waals surface area contributed by atoms with Gasteiger partial charge in [-0.25, -0.2) is 0 Å². The summed E-state index contributed by atoms with van der Waals surface area (Å²) in [7, 11) is 0. The van der Waals surface area contributed by atoms with Gasteiger partial charge < -0.3 is 54.7 Å². The monoisotopic (exact) mass is 520 g/mol. The molecule has 3 rings (SSSR count). The Morgan fingerprint density at radius 1 is 1.11 bits per heavy atom. The first-order valence-corrected chi connectivity index (χ1v) is 12.2. The van der Waals surface area contributed by atoms with Crippen LogP contribution in [0.3, 0.4) is 0 Å². The van der Waals surface area contributed by atoms with Crippen molar-refractivity contribution in [1.29, 1.82) is 0 Å². The van der Waals surface area contributed by atoms with E-state index in [1.165, 1.54) is 6.08 Å². The number of hydrogen-bond acceptors (Lipinski definition) is 12. The molecule has 1 unspecified atom stereocenters. The van der Waals surface area contributed by atoms with Crippen molar-refractivity contribution in [1.82, 2.24) is 0 Å². The van der Waals surface area contributed by atoms with E-state index < -0.39 is 72.4 Å². The maximum absolute atomic E-state index is 11.9. The molecule has 208 valence electrons. The Kier molecular flexibility index (Phi) is 9.01. The molecule has 0 saturated carbocycles. The molecule has 0 aromatic rings. The fourth-order valence-electron chi connectivity index (χ4n) is 5.06. The smallest absolute Gasteiger partial charge is 0.186 e. The molecule has 0 amide bonds. The molecule has 2 aliphatic heterocycles. The van der Waals surface area contributed by atoms with Crippen molar-refractivity contribution >= 4 is 5.78 Å². The lowest BCUT2D eigenvalue weighted by Crippen LogP contribution is -2.60. The highest BCUT2D eigenvalue weighted by Gasteiger charge is 2.51. The van der Waals surface area contributed by atoms with Crippen molar-refractivity contribution in [3.05, 3.63) is 11.6 Å². The maximum Gasteiger partial charge on any atom is 0.186 e. The van der Waals surface area contributed by atoms with Gasteiger partial charge in [-0.05, 0) is 38.3 Å². The van der Waals surface area contributed by atoms with E-state index in [1.807, 2.05) is 13.8 Å². The highest BCUT2D eigenvalue weighted by atomic mass is 16.7. The van der Waals surface area contributed by atoms with Crippen LogP contribution in [0.1, 0.15) is 47.0 Å². The fraction of sp³-hybridized carbons (Fsp3) is 0.875. The number of hydrogen-bond donors (Lipinski definition) is 7. The van der Waals surface area contributed by atoms with Crippen LogP contribution in [0.15, 0.2) is 11.6 Å². The minimum atomic E-state index is -1.88. The van der Waals surface area contributed by atoms with Gasteiger partial charge in [-0.1, -0.05) is 13.8 Å². The summed E-state index contributed by atoms with van der Waals surface area (Å²) in [6, 6.07) is 0. The van der Waals surface area contributed by atoms with Gasteiger partial charge in [-0.3, -0.25) is 4.79 Å². The van der Waals surface area contributed by atoms with Crippen LogP contribution in [-0.2, 0) is 23.7 Å². The van der Waals surface area contributed by atoms with Crippen LogP contribution >= 0.6 is 0 Å². The minimum Gasteiger partial charge on any atom is -0.393 e. The third kappa shape index (κ3) is 5.69. The topological polar surface area (TPSA) is 196 Å². The number of aliphatic hydroxyl groups is 7. The van der Waals surface area contributed by atoms with Gasteiger partial charge in [0.25, 0.3) is 0 Å².